The zero-order valence-corrected chi connectivity index (χ0v) is 6.70. The van der Waals surface area contributed by atoms with E-state index in [0.29, 0.717) is 6.54 Å². The summed E-state index contributed by atoms with van der Waals surface area (Å²) < 4.78 is 24.4. The van der Waals surface area contributed by atoms with E-state index in [0.717, 1.165) is 0 Å². The Labute approximate surface area is 60.6 Å². The van der Waals surface area contributed by atoms with Gasteiger partial charge >= 0.3 is 0 Å². The third kappa shape index (κ3) is 1.90. The van der Waals surface area contributed by atoms with Gasteiger partial charge in [-0.15, -0.1) is 0 Å². The summed E-state index contributed by atoms with van der Waals surface area (Å²) in [5, 5.41) is 0. The van der Waals surface area contributed by atoms with Crippen molar-refractivity contribution in [1.82, 2.24) is 0 Å². The number of rotatable bonds is 3. The van der Waals surface area contributed by atoms with Gasteiger partial charge in [0.25, 0.3) is 0 Å². The molecule has 0 aromatic carbocycles. The summed E-state index contributed by atoms with van der Waals surface area (Å²) in [4.78, 5) is 0. The minimum atomic E-state index is -2.29. The standard InChI is InChI=1S/C7H15F2N/c1-5(4-10)7(2,3)6(8)9/h5-6H,4,10H2,1-3H3/t5-/m1/s1. The maximum atomic E-state index is 12.2. The van der Waals surface area contributed by atoms with Crippen LogP contribution in [0.4, 0.5) is 8.78 Å². The van der Waals surface area contributed by atoms with E-state index >= 15 is 0 Å². The van der Waals surface area contributed by atoms with Crippen molar-refractivity contribution in [1.29, 1.82) is 0 Å². The maximum Gasteiger partial charge on any atom is 0.243 e. The number of alkyl halides is 2. The Morgan fingerprint density at radius 1 is 1.40 bits per heavy atom. The molecule has 10 heavy (non-hydrogen) atoms. The Bertz CT molecular complexity index is 102. The van der Waals surface area contributed by atoms with Gasteiger partial charge in [0.1, 0.15) is 0 Å². The van der Waals surface area contributed by atoms with Crippen molar-refractivity contribution in [2.45, 2.75) is 27.2 Å². The summed E-state index contributed by atoms with van der Waals surface area (Å²) in [5.41, 5.74) is 4.31. The summed E-state index contributed by atoms with van der Waals surface area (Å²) in [7, 11) is 0. The van der Waals surface area contributed by atoms with Crippen molar-refractivity contribution in [2.75, 3.05) is 6.54 Å². The van der Waals surface area contributed by atoms with Gasteiger partial charge in [0.15, 0.2) is 0 Å². The topological polar surface area (TPSA) is 26.0 Å². The zero-order valence-electron chi connectivity index (χ0n) is 6.70. The van der Waals surface area contributed by atoms with E-state index in [-0.39, 0.29) is 5.92 Å². The van der Waals surface area contributed by atoms with Crippen LogP contribution in [0.2, 0.25) is 0 Å². The normalized spacial score (nSPS) is 15.9. The molecule has 3 heteroatoms. The lowest BCUT2D eigenvalue weighted by atomic mass is 9.80. The van der Waals surface area contributed by atoms with Gasteiger partial charge in [-0.25, -0.2) is 8.78 Å². The highest BCUT2D eigenvalue weighted by molar-refractivity contribution is 4.77. The molecule has 1 atom stereocenters. The minimum Gasteiger partial charge on any atom is -0.330 e. The van der Waals surface area contributed by atoms with E-state index in [4.69, 9.17) is 5.73 Å². The number of hydrogen-bond donors (Lipinski definition) is 1. The number of nitrogens with two attached hydrogens (primary N) is 1. The number of halogens is 2. The van der Waals surface area contributed by atoms with Crippen molar-refractivity contribution in [3.8, 4) is 0 Å². The monoisotopic (exact) mass is 151 g/mol. The smallest absolute Gasteiger partial charge is 0.243 e. The Morgan fingerprint density at radius 3 is 1.90 bits per heavy atom. The first-order valence-electron chi connectivity index (χ1n) is 3.41. The first-order chi connectivity index (χ1) is 4.42. The highest BCUT2D eigenvalue weighted by Crippen LogP contribution is 2.32. The Kier molecular flexibility index (Phi) is 3.22. The van der Waals surface area contributed by atoms with Crippen LogP contribution in [-0.2, 0) is 0 Å². The van der Waals surface area contributed by atoms with Crippen molar-refractivity contribution in [3.05, 3.63) is 0 Å². The Hall–Kier alpha value is -0.180. The third-order valence-corrected chi connectivity index (χ3v) is 2.19. The average molecular weight is 151 g/mol. The van der Waals surface area contributed by atoms with Gasteiger partial charge < -0.3 is 5.73 Å². The van der Waals surface area contributed by atoms with Gasteiger partial charge in [-0.05, 0) is 12.5 Å². The quantitative estimate of drug-likeness (QED) is 0.654. The van der Waals surface area contributed by atoms with Crippen LogP contribution in [-0.4, -0.2) is 13.0 Å². The predicted molar refractivity (Wildman–Crippen MR) is 38.0 cm³/mol. The van der Waals surface area contributed by atoms with E-state index in [2.05, 4.69) is 0 Å². The fraction of sp³-hybridized carbons (Fsp3) is 1.00. The largest absolute Gasteiger partial charge is 0.330 e. The van der Waals surface area contributed by atoms with Gasteiger partial charge in [-0.1, -0.05) is 20.8 Å². The van der Waals surface area contributed by atoms with Crippen molar-refractivity contribution in [2.24, 2.45) is 17.1 Å². The van der Waals surface area contributed by atoms with E-state index in [1.807, 2.05) is 0 Å². The van der Waals surface area contributed by atoms with E-state index in [1.54, 1.807) is 6.92 Å². The molecule has 0 saturated heterocycles. The summed E-state index contributed by atoms with van der Waals surface area (Å²) in [6, 6.07) is 0. The lowest BCUT2D eigenvalue weighted by molar-refractivity contribution is -0.0137. The Morgan fingerprint density at radius 2 is 1.80 bits per heavy atom. The van der Waals surface area contributed by atoms with Gasteiger partial charge in [-0.3, -0.25) is 0 Å². The molecule has 0 aliphatic rings. The van der Waals surface area contributed by atoms with Crippen molar-refractivity contribution >= 4 is 0 Å². The first kappa shape index (κ1) is 9.82. The SMILES string of the molecule is C[C@H](CN)C(C)(C)C(F)F. The highest BCUT2D eigenvalue weighted by atomic mass is 19.3. The van der Waals surface area contributed by atoms with Gasteiger partial charge in [0.2, 0.25) is 6.43 Å². The third-order valence-electron chi connectivity index (χ3n) is 2.19. The number of hydrogen-bond acceptors (Lipinski definition) is 1. The summed E-state index contributed by atoms with van der Waals surface area (Å²) in [6.45, 7) is 5.13. The lowest BCUT2D eigenvalue weighted by Gasteiger charge is -2.29. The van der Waals surface area contributed by atoms with Crippen molar-refractivity contribution < 1.29 is 8.78 Å². The second kappa shape index (κ2) is 3.28. The molecule has 1 nitrogen and oxygen atoms in total. The maximum absolute atomic E-state index is 12.2. The van der Waals surface area contributed by atoms with Crippen LogP contribution in [0.25, 0.3) is 0 Å². The van der Waals surface area contributed by atoms with E-state index < -0.39 is 11.8 Å². The van der Waals surface area contributed by atoms with Crippen LogP contribution in [0.3, 0.4) is 0 Å². The molecule has 0 bridgehead atoms. The molecular weight excluding hydrogens is 136 g/mol. The van der Waals surface area contributed by atoms with E-state index in [1.165, 1.54) is 13.8 Å². The molecule has 0 fully saturated rings. The van der Waals surface area contributed by atoms with Crippen LogP contribution in [0.5, 0.6) is 0 Å². The molecule has 0 unspecified atom stereocenters. The van der Waals surface area contributed by atoms with Gasteiger partial charge in [0, 0.05) is 5.41 Å². The minimum absolute atomic E-state index is 0.132. The van der Waals surface area contributed by atoms with Gasteiger partial charge in [-0.2, -0.15) is 0 Å². The van der Waals surface area contributed by atoms with Crippen LogP contribution in [0.1, 0.15) is 20.8 Å². The second-order valence-electron chi connectivity index (χ2n) is 3.26. The second-order valence-corrected chi connectivity index (χ2v) is 3.26. The van der Waals surface area contributed by atoms with Crippen molar-refractivity contribution in [3.63, 3.8) is 0 Å². The van der Waals surface area contributed by atoms with Crippen LogP contribution in [0, 0.1) is 11.3 Å². The van der Waals surface area contributed by atoms with Crippen LogP contribution >= 0.6 is 0 Å². The van der Waals surface area contributed by atoms with Gasteiger partial charge in [0.05, 0.1) is 0 Å². The summed E-state index contributed by atoms with van der Waals surface area (Å²) >= 11 is 0. The Balaban J connectivity index is 4.09. The average Bonchev–Trinajstić information content (AvgIpc) is 1.86. The predicted octanol–water partition coefficient (Wildman–Crippen LogP) is 1.87. The first-order valence-corrected chi connectivity index (χ1v) is 3.41. The highest BCUT2D eigenvalue weighted by Gasteiger charge is 2.34. The molecule has 2 N–H and O–H groups in total. The molecule has 0 radical (unpaired) electrons. The molecule has 0 rings (SSSR count). The molecule has 0 spiro atoms. The van der Waals surface area contributed by atoms with Crippen LogP contribution < -0.4 is 5.73 Å². The fourth-order valence-corrected chi connectivity index (χ4v) is 0.519. The molecule has 0 heterocycles. The molecule has 0 aromatic heterocycles. The lowest BCUT2D eigenvalue weighted by Crippen LogP contribution is -2.34. The molecule has 0 aromatic rings. The fourth-order valence-electron chi connectivity index (χ4n) is 0.519. The molecule has 0 aliphatic heterocycles. The summed E-state index contributed by atoms with van der Waals surface area (Å²) in [5.74, 6) is -0.132. The van der Waals surface area contributed by atoms with E-state index in [9.17, 15) is 8.78 Å². The zero-order chi connectivity index (χ0) is 8.36. The summed E-state index contributed by atoms with van der Waals surface area (Å²) in [6.07, 6.45) is -2.29. The molecular formula is C7H15F2N. The van der Waals surface area contributed by atoms with Crippen LogP contribution in [0.15, 0.2) is 0 Å². The molecule has 0 aliphatic carbocycles. The molecule has 0 saturated carbocycles. The molecule has 0 amide bonds. The molecule has 62 valence electrons.